The van der Waals surface area contributed by atoms with Crippen LogP contribution < -0.4 is 10.6 Å². The molecule has 2 atom stereocenters. The van der Waals surface area contributed by atoms with Crippen LogP contribution in [0.3, 0.4) is 0 Å². The van der Waals surface area contributed by atoms with E-state index in [0.717, 1.165) is 38.8 Å². The second-order valence-corrected chi connectivity index (χ2v) is 5.09. The second kappa shape index (κ2) is 5.49. The molecule has 1 aliphatic carbocycles. The van der Waals surface area contributed by atoms with Gasteiger partial charge < -0.3 is 15.7 Å². The molecule has 1 saturated heterocycles. The van der Waals surface area contributed by atoms with E-state index in [4.69, 9.17) is 5.11 Å². The second-order valence-electron chi connectivity index (χ2n) is 5.09. The molecule has 96 valence electrons. The number of amides is 1. The number of carbonyl (C=O) groups is 2. The van der Waals surface area contributed by atoms with Crippen LogP contribution in [0.5, 0.6) is 0 Å². The molecule has 5 nitrogen and oxygen atoms in total. The van der Waals surface area contributed by atoms with Crippen molar-refractivity contribution in [1.82, 2.24) is 10.6 Å². The standard InChI is InChI=1S/C12H20N2O3/c15-11(9-5-13-6-9)14-7-8-3-1-2-4-10(8)12(16)17/h8-10,13H,1-7H2,(H,14,15)(H,16,17). The molecule has 0 aromatic carbocycles. The third kappa shape index (κ3) is 2.97. The van der Waals surface area contributed by atoms with Gasteiger partial charge in [-0.1, -0.05) is 12.8 Å². The van der Waals surface area contributed by atoms with E-state index >= 15 is 0 Å². The summed E-state index contributed by atoms with van der Waals surface area (Å²) in [4.78, 5) is 22.7. The van der Waals surface area contributed by atoms with Gasteiger partial charge in [-0.05, 0) is 18.8 Å². The molecule has 2 unspecified atom stereocenters. The van der Waals surface area contributed by atoms with Crippen LogP contribution in [-0.4, -0.2) is 36.6 Å². The first kappa shape index (κ1) is 12.4. The van der Waals surface area contributed by atoms with E-state index in [9.17, 15) is 9.59 Å². The van der Waals surface area contributed by atoms with Crippen molar-refractivity contribution < 1.29 is 14.7 Å². The number of nitrogens with one attached hydrogen (secondary N) is 2. The summed E-state index contributed by atoms with van der Waals surface area (Å²) in [7, 11) is 0. The van der Waals surface area contributed by atoms with E-state index in [-0.39, 0.29) is 23.7 Å². The van der Waals surface area contributed by atoms with Gasteiger partial charge in [0, 0.05) is 19.6 Å². The molecule has 17 heavy (non-hydrogen) atoms. The van der Waals surface area contributed by atoms with Gasteiger partial charge in [0.2, 0.25) is 5.91 Å². The normalized spacial score (nSPS) is 29.4. The fourth-order valence-electron chi connectivity index (χ4n) is 2.63. The predicted octanol–water partition coefficient (Wildman–Crippen LogP) is 0.213. The van der Waals surface area contributed by atoms with Crippen LogP contribution in [0.25, 0.3) is 0 Å². The van der Waals surface area contributed by atoms with E-state index in [1.54, 1.807) is 0 Å². The molecule has 0 aromatic heterocycles. The Hall–Kier alpha value is -1.10. The molecule has 0 bridgehead atoms. The zero-order chi connectivity index (χ0) is 12.3. The molecule has 1 amide bonds. The van der Waals surface area contributed by atoms with Gasteiger partial charge in [0.25, 0.3) is 0 Å². The Morgan fingerprint density at radius 3 is 2.53 bits per heavy atom. The Balaban J connectivity index is 1.79. The summed E-state index contributed by atoms with van der Waals surface area (Å²) in [5.41, 5.74) is 0. The van der Waals surface area contributed by atoms with Gasteiger partial charge >= 0.3 is 5.97 Å². The average Bonchev–Trinajstić information content (AvgIpc) is 2.24. The lowest BCUT2D eigenvalue weighted by molar-refractivity contribution is -0.145. The van der Waals surface area contributed by atoms with Crippen LogP contribution in [0, 0.1) is 17.8 Å². The smallest absolute Gasteiger partial charge is 0.306 e. The van der Waals surface area contributed by atoms with Gasteiger partial charge in [0.05, 0.1) is 11.8 Å². The summed E-state index contributed by atoms with van der Waals surface area (Å²) in [6.45, 7) is 2.02. The fourth-order valence-corrected chi connectivity index (χ4v) is 2.63. The van der Waals surface area contributed by atoms with Crippen molar-refractivity contribution >= 4 is 11.9 Å². The first-order valence-corrected chi connectivity index (χ1v) is 6.39. The number of hydrogen-bond acceptors (Lipinski definition) is 3. The Kier molecular flexibility index (Phi) is 3.99. The summed E-state index contributed by atoms with van der Waals surface area (Å²) in [5.74, 6) is -0.726. The monoisotopic (exact) mass is 240 g/mol. The minimum atomic E-state index is -0.714. The molecule has 5 heteroatoms. The number of hydrogen-bond donors (Lipinski definition) is 3. The van der Waals surface area contributed by atoms with Crippen LogP contribution in [0.15, 0.2) is 0 Å². The first-order valence-electron chi connectivity index (χ1n) is 6.39. The maximum atomic E-state index is 11.6. The SMILES string of the molecule is O=C(NCC1CCCCC1C(=O)O)C1CNC1. The zero-order valence-electron chi connectivity index (χ0n) is 9.95. The molecule has 2 fully saturated rings. The molecule has 1 heterocycles. The lowest BCUT2D eigenvalue weighted by atomic mass is 9.79. The third-order valence-corrected chi connectivity index (χ3v) is 3.92. The Bertz CT molecular complexity index is 302. The summed E-state index contributed by atoms with van der Waals surface area (Å²) < 4.78 is 0. The minimum absolute atomic E-state index is 0.0680. The maximum Gasteiger partial charge on any atom is 0.306 e. The Labute approximate surface area is 101 Å². The molecular weight excluding hydrogens is 220 g/mol. The lowest BCUT2D eigenvalue weighted by Gasteiger charge is -2.30. The fraction of sp³-hybridized carbons (Fsp3) is 0.833. The van der Waals surface area contributed by atoms with Gasteiger partial charge in [-0.3, -0.25) is 9.59 Å². The topological polar surface area (TPSA) is 78.4 Å². The average molecular weight is 240 g/mol. The number of carboxylic acid groups (broad SMARTS) is 1. The van der Waals surface area contributed by atoms with E-state index in [1.165, 1.54) is 0 Å². The van der Waals surface area contributed by atoms with Crippen molar-refractivity contribution in [1.29, 1.82) is 0 Å². The highest BCUT2D eigenvalue weighted by Gasteiger charge is 2.32. The van der Waals surface area contributed by atoms with E-state index in [2.05, 4.69) is 10.6 Å². The van der Waals surface area contributed by atoms with E-state index in [0.29, 0.717) is 6.54 Å². The molecule has 2 aliphatic rings. The number of rotatable bonds is 4. The Morgan fingerprint density at radius 2 is 1.94 bits per heavy atom. The van der Waals surface area contributed by atoms with Crippen LogP contribution in [0.1, 0.15) is 25.7 Å². The van der Waals surface area contributed by atoms with Crippen molar-refractivity contribution in [3.63, 3.8) is 0 Å². The van der Waals surface area contributed by atoms with E-state index in [1.807, 2.05) is 0 Å². The van der Waals surface area contributed by atoms with Gasteiger partial charge in [-0.2, -0.15) is 0 Å². The van der Waals surface area contributed by atoms with Gasteiger partial charge in [0.1, 0.15) is 0 Å². The zero-order valence-corrected chi connectivity index (χ0v) is 9.95. The van der Waals surface area contributed by atoms with Crippen LogP contribution >= 0.6 is 0 Å². The predicted molar refractivity (Wildman–Crippen MR) is 62.5 cm³/mol. The molecule has 3 N–H and O–H groups in total. The molecule has 0 radical (unpaired) electrons. The molecule has 1 aliphatic heterocycles. The molecule has 0 aromatic rings. The first-order chi connectivity index (χ1) is 8.18. The molecule has 1 saturated carbocycles. The maximum absolute atomic E-state index is 11.6. The third-order valence-electron chi connectivity index (χ3n) is 3.92. The van der Waals surface area contributed by atoms with E-state index < -0.39 is 5.97 Å². The lowest BCUT2D eigenvalue weighted by Crippen LogP contribution is -2.51. The van der Waals surface area contributed by atoms with Crippen molar-refractivity contribution in [2.75, 3.05) is 19.6 Å². The van der Waals surface area contributed by atoms with Crippen molar-refractivity contribution in [2.45, 2.75) is 25.7 Å². The van der Waals surface area contributed by atoms with Gasteiger partial charge in [-0.15, -0.1) is 0 Å². The summed E-state index contributed by atoms with van der Waals surface area (Å²) in [6.07, 6.45) is 3.74. The van der Waals surface area contributed by atoms with Crippen molar-refractivity contribution in [3.05, 3.63) is 0 Å². The summed E-state index contributed by atoms with van der Waals surface area (Å²) in [6, 6.07) is 0. The molecule has 2 rings (SSSR count). The highest BCUT2D eigenvalue weighted by Crippen LogP contribution is 2.29. The van der Waals surface area contributed by atoms with Crippen LogP contribution in [0.2, 0.25) is 0 Å². The Morgan fingerprint density at radius 1 is 1.24 bits per heavy atom. The summed E-state index contributed by atoms with van der Waals surface area (Å²) >= 11 is 0. The quantitative estimate of drug-likeness (QED) is 0.656. The molecular formula is C12H20N2O3. The van der Waals surface area contributed by atoms with Crippen LogP contribution in [-0.2, 0) is 9.59 Å². The van der Waals surface area contributed by atoms with Crippen molar-refractivity contribution in [2.24, 2.45) is 17.8 Å². The van der Waals surface area contributed by atoms with Gasteiger partial charge in [0.15, 0.2) is 0 Å². The number of carbonyl (C=O) groups excluding carboxylic acids is 1. The van der Waals surface area contributed by atoms with Gasteiger partial charge in [-0.25, -0.2) is 0 Å². The minimum Gasteiger partial charge on any atom is -0.481 e. The van der Waals surface area contributed by atoms with Crippen molar-refractivity contribution in [3.8, 4) is 0 Å². The highest BCUT2D eigenvalue weighted by atomic mass is 16.4. The largest absolute Gasteiger partial charge is 0.481 e. The number of aliphatic carboxylic acids is 1. The highest BCUT2D eigenvalue weighted by molar-refractivity contribution is 5.80. The molecule has 0 spiro atoms. The van der Waals surface area contributed by atoms with Crippen LogP contribution in [0.4, 0.5) is 0 Å². The summed E-state index contributed by atoms with van der Waals surface area (Å²) in [5, 5.41) is 15.1. The number of carboxylic acids is 1.